The topological polar surface area (TPSA) is 43.9 Å². The first-order valence-electron chi connectivity index (χ1n) is 8.74. The zero-order valence-electron chi connectivity index (χ0n) is 14.6. The van der Waals surface area contributed by atoms with E-state index in [0.29, 0.717) is 12.3 Å². The Bertz CT molecular complexity index is 973. The third kappa shape index (κ3) is 3.05. The van der Waals surface area contributed by atoms with Crippen LogP contribution in [0.15, 0.2) is 51.7 Å². The van der Waals surface area contributed by atoms with Crippen molar-refractivity contribution in [2.45, 2.75) is 33.4 Å². The van der Waals surface area contributed by atoms with E-state index in [1.165, 1.54) is 16.0 Å². The standard InChI is InChI=1S/C21H21NO3/c1-3-16-10-20(23)25-21-17(16)8-9-19-18(21)12-22(13-24-19)11-15-6-4-14(2)5-7-15/h4-10H,3,11-13H2,1-2H3/p+1. The third-order valence-corrected chi connectivity index (χ3v) is 4.87. The highest BCUT2D eigenvalue weighted by molar-refractivity contribution is 5.85. The molecule has 0 amide bonds. The lowest BCUT2D eigenvalue weighted by Gasteiger charge is -2.26. The minimum Gasteiger partial charge on any atom is -0.445 e. The quantitative estimate of drug-likeness (QED) is 0.748. The van der Waals surface area contributed by atoms with Gasteiger partial charge in [0.05, 0.1) is 5.56 Å². The van der Waals surface area contributed by atoms with E-state index in [4.69, 9.17) is 9.15 Å². The first kappa shape index (κ1) is 15.9. The fourth-order valence-electron chi connectivity index (χ4n) is 3.51. The predicted molar refractivity (Wildman–Crippen MR) is 96.9 cm³/mol. The first-order valence-corrected chi connectivity index (χ1v) is 8.74. The van der Waals surface area contributed by atoms with Crippen molar-refractivity contribution < 1.29 is 14.1 Å². The fourth-order valence-corrected chi connectivity index (χ4v) is 3.51. The van der Waals surface area contributed by atoms with E-state index < -0.39 is 0 Å². The Kier molecular flexibility index (Phi) is 4.06. The number of hydrogen-bond acceptors (Lipinski definition) is 3. The van der Waals surface area contributed by atoms with Crippen LogP contribution in [0.2, 0.25) is 0 Å². The summed E-state index contributed by atoms with van der Waals surface area (Å²) in [7, 11) is 0. The number of fused-ring (bicyclic) bond motifs is 3. The molecular weight excluding hydrogens is 314 g/mol. The number of aryl methyl sites for hydroxylation is 2. The fraction of sp³-hybridized carbons (Fsp3) is 0.286. The molecule has 3 aromatic rings. The average Bonchev–Trinajstić information content (AvgIpc) is 2.63. The van der Waals surface area contributed by atoms with Gasteiger partial charge >= 0.3 is 5.63 Å². The zero-order chi connectivity index (χ0) is 17.4. The first-order chi connectivity index (χ1) is 12.1. The number of hydrogen-bond donors (Lipinski definition) is 1. The largest absolute Gasteiger partial charge is 0.445 e. The summed E-state index contributed by atoms with van der Waals surface area (Å²) in [6.45, 7) is 6.43. The number of rotatable bonds is 3. The second-order valence-corrected chi connectivity index (χ2v) is 6.74. The molecule has 4 rings (SSSR count). The van der Waals surface area contributed by atoms with Gasteiger partial charge in [0.1, 0.15) is 18.8 Å². The molecule has 25 heavy (non-hydrogen) atoms. The van der Waals surface area contributed by atoms with Gasteiger partial charge in [-0.2, -0.15) is 0 Å². The molecular formula is C21H22NO3+. The van der Waals surface area contributed by atoms with Crippen molar-refractivity contribution in [3.8, 4) is 5.75 Å². The normalized spacial score (nSPS) is 16.5. The maximum Gasteiger partial charge on any atom is 0.336 e. The van der Waals surface area contributed by atoms with Crippen LogP contribution in [0.5, 0.6) is 5.75 Å². The predicted octanol–water partition coefficient (Wildman–Crippen LogP) is 2.60. The van der Waals surface area contributed by atoms with E-state index in [1.54, 1.807) is 6.07 Å². The SMILES string of the molecule is CCc1cc(=O)oc2c3c(ccc12)OC[NH+](Cc1ccc(C)cc1)C3. The van der Waals surface area contributed by atoms with Crippen LogP contribution in [-0.4, -0.2) is 6.73 Å². The molecule has 2 aromatic carbocycles. The number of quaternary nitrogens is 1. The lowest BCUT2D eigenvalue weighted by molar-refractivity contribution is -0.945. The smallest absolute Gasteiger partial charge is 0.336 e. The van der Waals surface area contributed by atoms with Crippen LogP contribution in [0, 0.1) is 6.92 Å². The highest BCUT2D eigenvalue weighted by Gasteiger charge is 2.25. The van der Waals surface area contributed by atoms with Crippen molar-refractivity contribution >= 4 is 11.0 Å². The molecule has 1 aliphatic rings. The van der Waals surface area contributed by atoms with Crippen molar-refractivity contribution in [3.63, 3.8) is 0 Å². The Morgan fingerprint density at radius 2 is 1.92 bits per heavy atom. The van der Waals surface area contributed by atoms with Gasteiger partial charge < -0.3 is 9.15 Å². The lowest BCUT2D eigenvalue weighted by Crippen LogP contribution is -3.10. The summed E-state index contributed by atoms with van der Waals surface area (Å²) < 4.78 is 11.5. The Morgan fingerprint density at radius 3 is 2.68 bits per heavy atom. The summed E-state index contributed by atoms with van der Waals surface area (Å²) in [6.07, 6.45) is 0.807. The Morgan fingerprint density at radius 1 is 1.12 bits per heavy atom. The molecule has 128 valence electrons. The molecule has 0 saturated carbocycles. The molecule has 2 heterocycles. The Hall–Kier alpha value is -2.59. The molecule has 0 bridgehead atoms. The van der Waals surface area contributed by atoms with Crippen LogP contribution >= 0.6 is 0 Å². The average molecular weight is 336 g/mol. The van der Waals surface area contributed by atoms with Gasteiger partial charge in [-0.3, -0.25) is 4.90 Å². The molecule has 1 aromatic heterocycles. The summed E-state index contributed by atoms with van der Waals surface area (Å²) in [5, 5.41) is 1.01. The van der Waals surface area contributed by atoms with E-state index in [-0.39, 0.29) is 5.63 Å². The Balaban J connectivity index is 1.70. The third-order valence-electron chi connectivity index (χ3n) is 4.87. The van der Waals surface area contributed by atoms with Gasteiger partial charge in [-0.05, 0) is 31.0 Å². The molecule has 1 unspecified atom stereocenters. The number of benzene rings is 2. The maximum absolute atomic E-state index is 11.9. The molecule has 4 heteroatoms. The number of ether oxygens (including phenoxy) is 1. The van der Waals surface area contributed by atoms with Crippen molar-refractivity contribution in [1.82, 2.24) is 0 Å². The molecule has 0 radical (unpaired) electrons. The molecule has 1 N–H and O–H groups in total. The minimum absolute atomic E-state index is 0.289. The van der Waals surface area contributed by atoms with Gasteiger partial charge in [0, 0.05) is 17.0 Å². The Labute approximate surface area is 146 Å². The van der Waals surface area contributed by atoms with Crippen molar-refractivity contribution in [1.29, 1.82) is 0 Å². The van der Waals surface area contributed by atoms with Crippen LogP contribution in [0.1, 0.15) is 29.2 Å². The summed E-state index contributed by atoms with van der Waals surface area (Å²) in [6, 6.07) is 14.2. The van der Waals surface area contributed by atoms with E-state index in [9.17, 15) is 4.79 Å². The molecule has 0 fully saturated rings. The second-order valence-electron chi connectivity index (χ2n) is 6.74. The van der Waals surface area contributed by atoms with Gasteiger partial charge in [0.15, 0.2) is 5.58 Å². The van der Waals surface area contributed by atoms with Crippen LogP contribution in [0.3, 0.4) is 0 Å². The number of nitrogens with one attached hydrogen (secondary N) is 1. The van der Waals surface area contributed by atoms with Crippen LogP contribution in [-0.2, 0) is 19.5 Å². The highest BCUT2D eigenvalue weighted by Crippen LogP contribution is 2.30. The van der Waals surface area contributed by atoms with Gasteiger partial charge in [0.25, 0.3) is 0 Å². The molecule has 0 spiro atoms. The zero-order valence-corrected chi connectivity index (χ0v) is 14.6. The van der Waals surface area contributed by atoms with Crippen molar-refractivity contribution in [2.75, 3.05) is 6.73 Å². The summed E-state index contributed by atoms with van der Waals surface area (Å²) in [4.78, 5) is 13.2. The van der Waals surface area contributed by atoms with Gasteiger partial charge in [-0.1, -0.05) is 36.8 Å². The summed E-state index contributed by atoms with van der Waals surface area (Å²) >= 11 is 0. The van der Waals surface area contributed by atoms with Crippen LogP contribution in [0.4, 0.5) is 0 Å². The molecule has 4 nitrogen and oxygen atoms in total. The highest BCUT2D eigenvalue weighted by atomic mass is 16.5. The summed E-state index contributed by atoms with van der Waals surface area (Å²) in [5.74, 6) is 0.830. The molecule has 0 aliphatic carbocycles. The molecule has 0 saturated heterocycles. The maximum atomic E-state index is 11.9. The lowest BCUT2D eigenvalue weighted by atomic mass is 10.0. The minimum atomic E-state index is -0.289. The van der Waals surface area contributed by atoms with Crippen molar-refractivity contribution in [3.05, 3.63) is 75.1 Å². The monoisotopic (exact) mass is 336 g/mol. The van der Waals surface area contributed by atoms with E-state index in [1.807, 2.05) is 12.1 Å². The van der Waals surface area contributed by atoms with Crippen molar-refractivity contribution in [2.24, 2.45) is 0 Å². The van der Waals surface area contributed by atoms with Gasteiger partial charge in [-0.25, -0.2) is 4.79 Å². The second kappa shape index (κ2) is 6.37. The van der Waals surface area contributed by atoms with E-state index in [0.717, 1.165) is 41.8 Å². The molecule has 1 aliphatic heterocycles. The van der Waals surface area contributed by atoms with E-state index >= 15 is 0 Å². The van der Waals surface area contributed by atoms with Crippen LogP contribution in [0.25, 0.3) is 11.0 Å². The van der Waals surface area contributed by atoms with Gasteiger partial charge in [-0.15, -0.1) is 0 Å². The summed E-state index contributed by atoms with van der Waals surface area (Å²) in [5.41, 5.74) is 4.96. The van der Waals surface area contributed by atoms with E-state index in [2.05, 4.69) is 38.1 Å². The van der Waals surface area contributed by atoms with Crippen LogP contribution < -0.4 is 15.3 Å². The molecule has 1 atom stereocenters. The van der Waals surface area contributed by atoms with Gasteiger partial charge in [0.2, 0.25) is 6.73 Å².